The van der Waals surface area contributed by atoms with Crippen LogP contribution in [0.25, 0.3) is 0 Å². The lowest BCUT2D eigenvalue weighted by atomic mass is 10.1. The predicted octanol–water partition coefficient (Wildman–Crippen LogP) is 2.18. The molecular formula is C18H25N3O4. The molecule has 7 heteroatoms. The van der Waals surface area contributed by atoms with E-state index in [2.05, 4.69) is 5.10 Å². The van der Waals surface area contributed by atoms with Crippen LogP contribution in [-0.4, -0.2) is 34.5 Å². The van der Waals surface area contributed by atoms with Crippen LogP contribution < -0.4 is 10.4 Å². The molecule has 0 amide bonds. The fourth-order valence-electron chi connectivity index (χ4n) is 2.90. The van der Waals surface area contributed by atoms with Gasteiger partial charge in [0.1, 0.15) is 17.6 Å². The van der Waals surface area contributed by atoms with E-state index in [9.17, 15) is 9.59 Å². The maximum absolute atomic E-state index is 12.6. The summed E-state index contributed by atoms with van der Waals surface area (Å²) >= 11 is 0. The normalized spacial score (nSPS) is 15.6. The Morgan fingerprint density at radius 3 is 2.52 bits per heavy atom. The number of carbonyl (C=O) groups is 1. The summed E-state index contributed by atoms with van der Waals surface area (Å²) in [5, 5.41) is 4.38. The van der Waals surface area contributed by atoms with Crippen molar-refractivity contribution in [2.45, 2.75) is 45.7 Å². The molecule has 2 aromatic rings. The first-order chi connectivity index (χ1) is 12.1. The van der Waals surface area contributed by atoms with E-state index in [4.69, 9.17) is 9.47 Å². The van der Waals surface area contributed by atoms with Crippen molar-refractivity contribution in [1.29, 1.82) is 0 Å². The van der Waals surface area contributed by atoms with Crippen LogP contribution in [0.3, 0.4) is 0 Å². The monoisotopic (exact) mass is 347 g/mol. The van der Waals surface area contributed by atoms with E-state index in [1.165, 1.54) is 16.4 Å². The van der Waals surface area contributed by atoms with Crippen molar-refractivity contribution in [3.05, 3.63) is 46.1 Å². The summed E-state index contributed by atoms with van der Waals surface area (Å²) < 4.78 is 12.8. The van der Waals surface area contributed by atoms with Gasteiger partial charge in [0, 0.05) is 6.42 Å². The SMILES string of the molecule is CC.COC(=O)C1CCCc2nn(Cc3ccc(OC)cc3)c(=O)n21. The van der Waals surface area contributed by atoms with E-state index >= 15 is 0 Å². The number of aromatic nitrogens is 3. The van der Waals surface area contributed by atoms with Gasteiger partial charge in [-0.05, 0) is 30.5 Å². The van der Waals surface area contributed by atoms with Crippen molar-refractivity contribution in [2.75, 3.05) is 14.2 Å². The van der Waals surface area contributed by atoms with Gasteiger partial charge in [-0.25, -0.2) is 14.3 Å². The Bertz CT molecular complexity index is 762. The Labute approximate surface area is 147 Å². The van der Waals surface area contributed by atoms with Gasteiger partial charge in [-0.2, -0.15) is 5.10 Å². The number of esters is 1. The van der Waals surface area contributed by atoms with Crippen molar-refractivity contribution in [3.63, 3.8) is 0 Å². The summed E-state index contributed by atoms with van der Waals surface area (Å²) in [6, 6.07) is 6.89. The van der Waals surface area contributed by atoms with Crippen LogP contribution in [0.1, 0.15) is 44.1 Å². The van der Waals surface area contributed by atoms with Crippen molar-refractivity contribution in [1.82, 2.24) is 14.3 Å². The van der Waals surface area contributed by atoms with Gasteiger partial charge in [-0.15, -0.1) is 0 Å². The van der Waals surface area contributed by atoms with E-state index in [-0.39, 0.29) is 5.69 Å². The summed E-state index contributed by atoms with van der Waals surface area (Å²) in [6.45, 7) is 4.36. The van der Waals surface area contributed by atoms with Crippen molar-refractivity contribution in [3.8, 4) is 5.75 Å². The van der Waals surface area contributed by atoms with Crippen molar-refractivity contribution in [2.24, 2.45) is 0 Å². The highest BCUT2D eigenvalue weighted by Crippen LogP contribution is 2.23. The first-order valence-corrected chi connectivity index (χ1v) is 8.53. The molecule has 0 saturated carbocycles. The minimum Gasteiger partial charge on any atom is -0.497 e. The molecule has 7 nitrogen and oxygen atoms in total. The molecule has 1 aromatic carbocycles. The quantitative estimate of drug-likeness (QED) is 0.793. The molecular weight excluding hydrogens is 322 g/mol. The van der Waals surface area contributed by atoms with E-state index < -0.39 is 12.0 Å². The number of methoxy groups -OCH3 is 2. The topological polar surface area (TPSA) is 75.3 Å². The van der Waals surface area contributed by atoms with Gasteiger partial charge in [0.15, 0.2) is 0 Å². The lowest BCUT2D eigenvalue weighted by Crippen LogP contribution is -2.35. The Morgan fingerprint density at radius 2 is 1.92 bits per heavy atom. The zero-order valence-electron chi connectivity index (χ0n) is 15.2. The highest BCUT2D eigenvalue weighted by Gasteiger charge is 2.31. The lowest BCUT2D eigenvalue weighted by molar-refractivity contribution is -0.145. The standard InChI is InChI=1S/C16H19N3O4.C2H6/c1-22-12-8-6-11(7-9-12)10-18-16(21)19-13(15(20)23-2)4-3-5-14(19)17-18;1-2/h6-9,13H,3-5,10H2,1-2H3;1-2H3. The Balaban J connectivity index is 0.00000109. The molecule has 0 saturated heterocycles. The van der Waals surface area contributed by atoms with Gasteiger partial charge in [-0.3, -0.25) is 4.57 Å². The number of benzene rings is 1. The third-order valence-electron chi connectivity index (χ3n) is 4.10. The average molecular weight is 347 g/mol. The Morgan fingerprint density at radius 1 is 1.24 bits per heavy atom. The molecule has 1 aliphatic heterocycles. The van der Waals surface area contributed by atoms with Gasteiger partial charge >= 0.3 is 11.7 Å². The maximum Gasteiger partial charge on any atom is 0.347 e. The molecule has 0 bridgehead atoms. The molecule has 0 fully saturated rings. The number of ether oxygens (including phenoxy) is 2. The van der Waals surface area contributed by atoms with Crippen LogP contribution in [0, 0.1) is 0 Å². The fraction of sp³-hybridized carbons (Fsp3) is 0.500. The second-order valence-corrected chi connectivity index (χ2v) is 5.51. The maximum atomic E-state index is 12.6. The minimum atomic E-state index is -0.569. The van der Waals surface area contributed by atoms with Gasteiger partial charge < -0.3 is 9.47 Å². The summed E-state index contributed by atoms with van der Waals surface area (Å²) in [4.78, 5) is 24.5. The second-order valence-electron chi connectivity index (χ2n) is 5.51. The molecule has 0 aliphatic carbocycles. The van der Waals surface area contributed by atoms with Gasteiger partial charge in [0.25, 0.3) is 0 Å². The Kier molecular flexibility index (Phi) is 6.38. The van der Waals surface area contributed by atoms with Gasteiger partial charge in [0.05, 0.1) is 20.8 Å². The largest absolute Gasteiger partial charge is 0.497 e. The zero-order valence-corrected chi connectivity index (χ0v) is 15.2. The van der Waals surface area contributed by atoms with Crippen molar-refractivity contribution >= 4 is 5.97 Å². The number of rotatable bonds is 4. The summed E-state index contributed by atoms with van der Waals surface area (Å²) in [6.07, 6.45) is 2.12. The highest BCUT2D eigenvalue weighted by atomic mass is 16.5. The molecule has 1 unspecified atom stereocenters. The molecule has 0 spiro atoms. The molecule has 0 N–H and O–H groups in total. The average Bonchev–Trinajstić information content (AvgIpc) is 2.99. The fourth-order valence-corrected chi connectivity index (χ4v) is 2.90. The van der Waals surface area contributed by atoms with Crippen LogP contribution in [0.5, 0.6) is 5.75 Å². The number of hydrogen-bond donors (Lipinski definition) is 0. The third-order valence-corrected chi connectivity index (χ3v) is 4.10. The van der Waals surface area contributed by atoms with Gasteiger partial charge in [-0.1, -0.05) is 26.0 Å². The lowest BCUT2D eigenvalue weighted by Gasteiger charge is -2.20. The number of hydrogen-bond acceptors (Lipinski definition) is 5. The van der Waals surface area contributed by atoms with Crippen LogP contribution in [0.15, 0.2) is 29.1 Å². The molecule has 0 radical (unpaired) electrons. The Hall–Kier alpha value is -2.57. The third kappa shape index (κ3) is 3.92. The first kappa shape index (κ1) is 18.8. The minimum absolute atomic E-state index is 0.272. The highest BCUT2D eigenvalue weighted by molar-refractivity contribution is 5.74. The molecule has 1 aliphatic rings. The molecule has 136 valence electrons. The van der Waals surface area contributed by atoms with Gasteiger partial charge in [0.2, 0.25) is 0 Å². The molecule has 1 atom stereocenters. The zero-order chi connectivity index (χ0) is 18.4. The molecule has 2 heterocycles. The number of nitrogens with zero attached hydrogens (tertiary/aromatic N) is 3. The van der Waals surface area contributed by atoms with E-state index in [0.29, 0.717) is 25.2 Å². The smallest absolute Gasteiger partial charge is 0.347 e. The molecule has 25 heavy (non-hydrogen) atoms. The molecule has 1 aromatic heterocycles. The number of carbonyl (C=O) groups excluding carboxylic acids is 1. The summed E-state index contributed by atoms with van der Waals surface area (Å²) in [7, 11) is 2.94. The van der Waals surface area contributed by atoms with Crippen LogP contribution in [-0.2, 0) is 22.5 Å². The van der Waals surface area contributed by atoms with E-state index in [1.54, 1.807) is 7.11 Å². The van der Waals surface area contributed by atoms with Crippen molar-refractivity contribution < 1.29 is 14.3 Å². The first-order valence-electron chi connectivity index (χ1n) is 8.53. The summed E-state index contributed by atoms with van der Waals surface area (Å²) in [5.74, 6) is 1.01. The van der Waals surface area contributed by atoms with E-state index in [1.807, 2.05) is 38.1 Å². The second kappa shape index (κ2) is 8.50. The predicted molar refractivity (Wildman–Crippen MR) is 93.9 cm³/mol. The number of fused-ring (bicyclic) bond motifs is 1. The molecule has 3 rings (SSSR count). The number of aryl methyl sites for hydroxylation is 1. The van der Waals surface area contributed by atoms with Crippen LogP contribution in [0.4, 0.5) is 0 Å². The van der Waals surface area contributed by atoms with Crippen LogP contribution >= 0.6 is 0 Å². The summed E-state index contributed by atoms with van der Waals surface area (Å²) in [5.41, 5.74) is 0.670. The van der Waals surface area contributed by atoms with Crippen LogP contribution in [0.2, 0.25) is 0 Å². The van der Waals surface area contributed by atoms with E-state index in [0.717, 1.165) is 17.7 Å².